The zero-order chi connectivity index (χ0) is 13.9. The highest BCUT2D eigenvalue weighted by molar-refractivity contribution is 5.56. The van der Waals surface area contributed by atoms with Gasteiger partial charge < -0.3 is 15.2 Å². The Morgan fingerprint density at radius 3 is 2.90 bits per heavy atom. The van der Waals surface area contributed by atoms with Crippen LogP contribution in [0, 0.1) is 6.92 Å². The number of aryl methyl sites for hydroxylation is 1. The van der Waals surface area contributed by atoms with Gasteiger partial charge >= 0.3 is 0 Å². The minimum atomic E-state index is -0.0149. The van der Waals surface area contributed by atoms with Crippen LogP contribution in [0.1, 0.15) is 22.8 Å². The fourth-order valence-corrected chi connectivity index (χ4v) is 2.65. The van der Waals surface area contributed by atoms with E-state index in [0.29, 0.717) is 12.3 Å². The summed E-state index contributed by atoms with van der Waals surface area (Å²) in [5.41, 5.74) is 10.3. The van der Waals surface area contributed by atoms with Crippen LogP contribution >= 0.6 is 0 Å². The maximum absolute atomic E-state index is 5.97. The predicted octanol–water partition coefficient (Wildman–Crippen LogP) is 3.27. The molecule has 104 valence electrons. The van der Waals surface area contributed by atoms with Crippen LogP contribution in [0.3, 0.4) is 0 Å². The summed E-state index contributed by atoms with van der Waals surface area (Å²) in [5, 5.41) is 0. The second-order valence-electron chi connectivity index (χ2n) is 5.11. The molecular weight excluding hydrogens is 250 g/mol. The minimum absolute atomic E-state index is 0.0149. The fourth-order valence-electron chi connectivity index (χ4n) is 2.65. The lowest BCUT2D eigenvalue weighted by Gasteiger charge is -2.26. The Morgan fingerprint density at radius 1 is 1.20 bits per heavy atom. The topological polar surface area (TPSA) is 44.5 Å². The Kier molecular flexibility index (Phi) is 3.61. The number of hydrogen-bond donors (Lipinski definition) is 1. The number of ether oxygens (including phenoxy) is 2. The summed E-state index contributed by atoms with van der Waals surface area (Å²) in [7, 11) is 0. The molecule has 1 heterocycles. The highest BCUT2D eigenvalue weighted by Gasteiger charge is 2.21. The zero-order valence-corrected chi connectivity index (χ0v) is 11.6. The van der Waals surface area contributed by atoms with E-state index >= 15 is 0 Å². The average molecular weight is 269 g/mol. The number of benzene rings is 2. The number of para-hydroxylation sites is 1. The predicted molar refractivity (Wildman–Crippen MR) is 79.9 cm³/mol. The fraction of sp³-hybridized carbons (Fsp3) is 0.294. The van der Waals surface area contributed by atoms with E-state index in [9.17, 15) is 0 Å². The lowest BCUT2D eigenvalue weighted by Crippen LogP contribution is -2.22. The molecule has 3 heteroatoms. The first kappa shape index (κ1) is 13.0. The van der Waals surface area contributed by atoms with Crippen molar-refractivity contribution in [2.45, 2.75) is 19.4 Å². The molecule has 0 aromatic heterocycles. The van der Waals surface area contributed by atoms with Crippen molar-refractivity contribution in [1.82, 2.24) is 0 Å². The van der Waals surface area contributed by atoms with Crippen molar-refractivity contribution in [3.05, 3.63) is 59.2 Å². The van der Waals surface area contributed by atoms with Gasteiger partial charge in [-0.2, -0.15) is 0 Å². The van der Waals surface area contributed by atoms with Gasteiger partial charge in [-0.1, -0.05) is 36.4 Å². The third kappa shape index (κ3) is 2.49. The van der Waals surface area contributed by atoms with Gasteiger partial charge in [0.15, 0.2) is 0 Å². The van der Waals surface area contributed by atoms with Gasteiger partial charge in [0.25, 0.3) is 0 Å². The van der Waals surface area contributed by atoms with Gasteiger partial charge in [0.05, 0.1) is 12.3 Å². The van der Waals surface area contributed by atoms with Gasteiger partial charge in [-0.25, -0.2) is 0 Å². The second kappa shape index (κ2) is 5.55. The summed E-state index contributed by atoms with van der Waals surface area (Å²) in [6.45, 7) is 3.24. The molecule has 0 amide bonds. The van der Waals surface area contributed by atoms with Crippen molar-refractivity contribution in [3.63, 3.8) is 0 Å². The van der Waals surface area contributed by atoms with Gasteiger partial charge in [-0.3, -0.25) is 0 Å². The zero-order valence-electron chi connectivity index (χ0n) is 11.6. The van der Waals surface area contributed by atoms with Crippen molar-refractivity contribution in [1.29, 1.82) is 0 Å². The molecule has 2 N–H and O–H groups in total. The van der Waals surface area contributed by atoms with Crippen LogP contribution in [0.5, 0.6) is 5.75 Å². The number of rotatable bonds is 3. The molecule has 3 rings (SSSR count). The molecule has 0 radical (unpaired) electrons. The Hall–Kier alpha value is -2.00. The smallest absolute Gasteiger partial charge is 0.145 e. The molecule has 3 nitrogen and oxygen atoms in total. The highest BCUT2D eigenvalue weighted by atomic mass is 16.5. The Bertz CT molecular complexity index is 589. The van der Waals surface area contributed by atoms with Crippen LogP contribution in [0.25, 0.3) is 0 Å². The molecule has 0 aliphatic carbocycles. The summed E-state index contributed by atoms with van der Waals surface area (Å²) in [6, 6.07) is 14.2. The van der Waals surface area contributed by atoms with E-state index in [1.807, 2.05) is 31.2 Å². The Balaban J connectivity index is 1.77. The molecule has 0 saturated carbocycles. The van der Waals surface area contributed by atoms with Crippen LogP contribution in [0.15, 0.2) is 42.5 Å². The van der Waals surface area contributed by atoms with Crippen molar-refractivity contribution < 1.29 is 9.47 Å². The monoisotopic (exact) mass is 269 g/mol. The minimum Gasteiger partial charge on any atom is -0.488 e. The Morgan fingerprint density at radius 2 is 2.05 bits per heavy atom. The van der Waals surface area contributed by atoms with E-state index in [0.717, 1.165) is 24.3 Å². The molecule has 1 aliphatic rings. The normalized spacial score (nSPS) is 17.6. The van der Waals surface area contributed by atoms with E-state index < -0.39 is 0 Å². The van der Waals surface area contributed by atoms with Crippen LogP contribution in [-0.2, 0) is 11.2 Å². The first-order chi connectivity index (χ1) is 9.75. The van der Waals surface area contributed by atoms with Crippen LogP contribution < -0.4 is 10.5 Å². The summed E-state index contributed by atoms with van der Waals surface area (Å²) in [4.78, 5) is 0. The number of nitrogens with two attached hydrogens (primary N) is 1. The highest BCUT2D eigenvalue weighted by Crippen LogP contribution is 2.30. The second-order valence-corrected chi connectivity index (χ2v) is 5.11. The summed E-state index contributed by atoms with van der Waals surface area (Å²) >= 11 is 0. The summed E-state index contributed by atoms with van der Waals surface area (Å²) in [6.07, 6.45) is 0.957. The molecule has 2 aromatic rings. The molecule has 1 aliphatic heterocycles. The molecule has 2 aromatic carbocycles. The standard InChI is InChI=1S/C17H19NO2/c1-12-5-4-8-15(18)17(12)20-11-16-14-7-3-2-6-13(14)9-10-19-16/h2-8,16H,9-11,18H2,1H3. The van der Waals surface area contributed by atoms with Crippen LogP contribution in [-0.4, -0.2) is 13.2 Å². The van der Waals surface area contributed by atoms with Crippen molar-refractivity contribution in [3.8, 4) is 5.75 Å². The van der Waals surface area contributed by atoms with E-state index in [1.165, 1.54) is 11.1 Å². The lowest BCUT2D eigenvalue weighted by atomic mass is 9.98. The van der Waals surface area contributed by atoms with Gasteiger partial charge in [-0.05, 0) is 36.1 Å². The molecule has 1 unspecified atom stereocenters. The third-order valence-corrected chi connectivity index (χ3v) is 3.71. The Labute approximate surface area is 119 Å². The van der Waals surface area contributed by atoms with Crippen molar-refractivity contribution in [2.24, 2.45) is 0 Å². The van der Waals surface area contributed by atoms with E-state index in [-0.39, 0.29) is 6.10 Å². The number of nitrogen functional groups attached to an aromatic ring is 1. The average Bonchev–Trinajstić information content (AvgIpc) is 2.47. The molecule has 0 fully saturated rings. The maximum Gasteiger partial charge on any atom is 0.145 e. The van der Waals surface area contributed by atoms with E-state index in [1.54, 1.807) is 0 Å². The largest absolute Gasteiger partial charge is 0.488 e. The van der Waals surface area contributed by atoms with Crippen molar-refractivity contribution in [2.75, 3.05) is 18.9 Å². The molecule has 0 bridgehead atoms. The van der Waals surface area contributed by atoms with Crippen molar-refractivity contribution >= 4 is 5.69 Å². The van der Waals surface area contributed by atoms with Gasteiger partial charge in [-0.15, -0.1) is 0 Å². The third-order valence-electron chi connectivity index (χ3n) is 3.71. The summed E-state index contributed by atoms with van der Waals surface area (Å²) < 4.78 is 11.8. The molecular formula is C17H19NO2. The first-order valence-corrected chi connectivity index (χ1v) is 6.93. The number of hydrogen-bond acceptors (Lipinski definition) is 3. The first-order valence-electron chi connectivity index (χ1n) is 6.93. The molecule has 0 saturated heterocycles. The molecule has 20 heavy (non-hydrogen) atoms. The molecule has 1 atom stereocenters. The number of fused-ring (bicyclic) bond motifs is 1. The van der Waals surface area contributed by atoms with Gasteiger partial charge in [0, 0.05) is 0 Å². The van der Waals surface area contributed by atoms with Crippen LogP contribution in [0.2, 0.25) is 0 Å². The van der Waals surface area contributed by atoms with Gasteiger partial charge in [0.1, 0.15) is 18.5 Å². The quantitative estimate of drug-likeness (QED) is 0.870. The van der Waals surface area contributed by atoms with Crippen LogP contribution in [0.4, 0.5) is 5.69 Å². The SMILES string of the molecule is Cc1cccc(N)c1OCC1OCCc2ccccc21. The summed E-state index contributed by atoms with van der Waals surface area (Å²) in [5.74, 6) is 0.763. The van der Waals surface area contributed by atoms with Gasteiger partial charge in [0.2, 0.25) is 0 Å². The lowest BCUT2D eigenvalue weighted by molar-refractivity contribution is 0.0102. The van der Waals surface area contributed by atoms with E-state index in [2.05, 4.69) is 18.2 Å². The maximum atomic E-state index is 5.97. The number of anilines is 1. The molecule has 0 spiro atoms. The van der Waals surface area contributed by atoms with E-state index in [4.69, 9.17) is 15.2 Å².